The monoisotopic (exact) mass is 403 g/mol. The summed E-state index contributed by atoms with van der Waals surface area (Å²) in [6.07, 6.45) is -0.342. The van der Waals surface area contributed by atoms with Gasteiger partial charge >= 0.3 is 6.09 Å². The first-order valence-electron chi connectivity index (χ1n) is 9.63. The SMILES string of the molecule is COc1cc(OC)c2cc(C(=O)N3CCN(C(=O)OC(C)(C)C)CC3)n(C)c2c1. The Morgan fingerprint density at radius 2 is 1.55 bits per heavy atom. The largest absolute Gasteiger partial charge is 0.497 e. The van der Waals surface area contributed by atoms with Gasteiger partial charge in [0.1, 0.15) is 22.8 Å². The van der Waals surface area contributed by atoms with Crippen molar-refractivity contribution in [3.63, 3.8) is 0 Å². The van der Waals surface area contributed by atoms with Crippen LogP contribution >= 0.6 is 0 Å². The Balaban J connectivity index is 1.77. The minimum atomic E-state index is -0.534. The Kier molecular flexibility index (Phi) is 5.64. The maximum Gasteiger partial charge on any atom is 0.410 e. The fourth-order valence-electron chi connectivity index (χ4n) is 3.45. The van der Waals surface area contributed by atoms with Gasteiger partial charge in [-0.05, 0) is 26.8 Å². The van der Waals surface area contributed by atoms with E-state index in [1.54, 1.807) is 30.1 Å². The molecule has 1 aromatic heterocycles. The topological polar surface area (TPSA) is 73.2 Å². The average Bonchev–Trinajstić information content (AvgIpc) is 3.02. The second-order valence-electron chi connectivity index (χ2n) is 8.11. The predicted molar refractivity (Wildman–Crippen MR) is 110 cm³/mol. The molecule has 2 heterocycles. The fraction of sp³-hybridized carbons (Fsp3) is 0.524. The lowest BCUT2D eigenvalue weighted by Crippen LogP contribution is -2.51. The summed E-state index contributed by atoms with van der Waals surface area (Å²) in [6, 6.07) is 5.53. The van der Waals surface area contributed by atoms with Crippen LogP contribution in [-0.2, 0) is 11.8 Å². The van der Waals surface area contributed by atoms with Crippen molar-refractivity contribution in [2.75, 3.05) is 40.4 Å². The van der Waals surface area contributed by atoms with Gasteiger partial charge in [0.15, 0.2) is 0 Å². The molecule has 0 atom stereocenters. The second-order valence-corrected chi connectivity index (χ2v) is 8.11. The summed E-state index contributed by atoms with van der Waals surface area (Å²) in [5.74, 6) is 1.25. The van der Waals surface area contributed by atoms with Gasteiger partial charge in [-0.3, -0.25) is 4.79 Å². The second kappa shape index (κ2) is 7.85. The lowest BCUT2D eigenvalue weighted by Gasteiger charge is -2.35. The molecule has 0 bridgehead atoms. The maximum absolute atomic E-state index is 13.1. The third kappa shape index (κ3) is 4.26. The molecule has 8 nitrogen and oxygen atoms in total. The van der Waals surface area contributed by atoms with E-state index in [9.17, 15) is 9.59 Å². The Bertz CT molecular complexity index is 921. The van der Waals surface area contributed by atoms with Crippen molar-refractivity contribution in [2.24, 2.45) is 7.05 Å². The molecule has 1 saturated heterocycles. The molecule has 0 unspecified atom stereocenters. The molecule has 2 aromatic rings. The Hall–Kier alpha value is -2.90. The highest BCUT2D eigenvalue weighted by molar-refractivity contribution is 6.01. The summed E-state index contributed by atoms with van der Waals surface area (Å²) in [5.41, 5.74) is 0.891. The quantitative estimate of drug-likeness (QED) is 0.788. The highest BCUT2D eigenvalue weighted by atomic mass is 16.6. The summed E-state index contributed by atoms with van der Waals surface area (Å²) in [7, 11) is 5.05. The molecule has 1 aliphatic rings. The van der Waals surface area contributed by atoms with E-state index in [0.29, 0.717) is 43.4 Å². The number of hydrogen-bond acceptors (Lipinski definition) is 5. The lowest BCUT2D eigenvalue weighted by molar-refractivity contribution is 0.0139. The number of carbonyl (C=O) groups is 2. The number of fused-ring (bicyclic) bond motifs is 1. The van der Waals surface area contributed by atoms with Crippen molar-refractivity contribution < 1.29 is 23.8 Å². The van der Waals surface area contributed by atoms with Gasteiger partial charge in [0.2, 0.25) is 0 Å². The van der Waals surface area contributed by atoms with Crippen molar-refractivity contribution in [3.8, 4) is 11.5 Å². The first-order valence-corrected chi connectivity index (χ1v) is 9.63. The number of aromatic nitrogens is 1. The van der Waals surface area contributed by atoms with E-state index in [1.807, 2.05) is 44.5 Å². The van der Waals surface area contributed by atoms with Crippen molar-refractivity contribution in [2.45, 2.75) is 26.4 Å². The van der Waals surface area contributed by atoms with Crippen LogP contribution in [-0.4, -0.2) is 72.4 Å². The summed E-state index contributed by atoms with van der Waals surface area (Å²) < 4.78 is 18.1. The molecule has 1 aromatic carbocycles. The number of ether oxygens (including phenoxy) is 3. The number of piperazine rings is 1. The van der Waals surface area contributed by atoms with E-state index in [4.69, 9.17) is 14.2 Å². The molecular weight excluding hydrogens is 374 g/mol. The highest BCUT2D eigenvalue weighted by Gasteiger charge is 2.29. The summed E-state index contributed by atoms with van der Waals surface area (Å²) in [4.78, 5) is 28.8. The van der Waals surface area contributed by atoms with Crippen LogP contribution in [0.4, 0.5) is 4.79 Å². The third-order valence-electron chi connectivity index (χ3n) is 4.99. The van der Waals surface area contributed by atoms with E-state index >= 15 is 0 Å². The number of carbonyl (C=O) groups excluding carboxylic acids is 2. The molecule has 2 amide bonds. The Morgan fingerprint density at radius 3 is 2.10 bits per heavy atom. The van der Waals surface area contributed by atoms with Gasteiger partial charge in [-0.25, -0.2) is 4.79 Å². The highest BCUT2D eigenvalue weighted by Crippen LogP contribution is 2.33. The smallest absolute Gasteiger partial charge is 0.410 e. The first-order chi connectivity index (χ1) is 13.6. The van der Waals surface area contributed by atoms with Gasteiger partial charge < -0.3 is 28.6 Å². The molecule has 3 rings (SSSR count). The van der Waals surface area contributed by atoms with Gasteiger partial charge in [-0.2, -0.15) is 0 Å². The third-order valence-corrected chi connectivity index (χ3v) is 4.99. The number of nitrogens with zero attached hydrogens (tertiary/aromatic N) is 3. The van der Waals surface area contributed by atoms with Gasteiger partial charge in [0.05, 0.1) is 19.7 Å². The molecule has 1 fully saturated rings. The van der Waals surface area contributed by atoms with Crippen molar-refractivity contribution in [1.29, 1.82) is 0 Å². The fourth-order valence-corrected chi connectivity index (χ4v) is 3.45. The van der Waals surface area contributed by atoms with Crippen molar-refractivity contribution >= 4 is 22.9 Å². The number of benzene rings is 1. The first kappa shape index (κ1) is 20.8. The molecular formula is C21H29N3O5. The zero-order valence-electron chi connectivity index (χ0n) is 17.9. The molecule has 0 aliphatic carbocycles. The lowest BCUT2D eigenvalue weighted by atomic mass is 10.2. The zero-order valence-corrected chi connectivity index (χ0v) is 17.9. The van der Waals surface area contributed by atoms with E-state index in [2.05, 4.69) is 0 Å². The van der Waals surface area contributed by atoms with E-state index in [1.165, 1.54) is 0 Å². The predicted octanol–water partition coefficient (Wildman–Crippen LogP) is 2.89. The maximum atomic E-state index is 13.1. The molecule has 0 spiro atoms. The number of methoxy groups -OCH3 is 2. The summed E-state index contributed by atoms with van der Waals surface area (Å²) in [6.45, 7) is 7.33. The number of amides is 2. The minimum Gasteiger partial charge on any atom is -0.497 e. The Labute approximate surface area is 170 Å². The van der Waals surface area contributed by atoms with Crippen LogP contribution in [0, 0.1) is 0 Å². The molecule has 0 N–H and O–H groups in total. The van der Waals surface area contributed by atoms with Crippen molar-refractivity contribution in [1.82, 2.24) is 14.4 Å². The van der Waals surface area contributed by atoms with Crippen LogP contribution in [0.1, 0.15) is 31.3 Å². The average molecular weight is 403 g/mol. The minimum absolute atomic E-state index is 0.0754. The van der Waals surface area contributed by atoms with E-state index in [0.717, 1.165) is 10.9 Å². The van der Waals surface area contributed by atoms with Gasteiger partial charge in [-0.1, -0.05) is 0 Å². The van der Waals surface area contributed by atoms with E-state index < -0.39 is 5.60 Å². The summed E-state index contributed by atoms with van der Waals surface area (Å²) >= 11 is 0. The summed E-state index contributed by atoms with van der Waals surface area (Å²) in [5, 5.41) is 0.853. The van der Waals surface area contributed by atoms with Gasteiger partial charge in [-0.15, -0.1) is 0 Å². The molecule has 0 saturated carbocycles. The molecule has 8 heteroatoms. The Morgan fingerprint density at radius 1 is 0.931 bits per heavy atom. The number of rotatable bonds is 3. The van der Waals surface area contributed by atoms with Gasteiger partial charge in [0, 0.05) is 50.7 Å². The number of hydrogen-bond donors (Lipinski definition) is 0. The van der Waals surface area contributed by atoms with Crippen LogP contribution in [0.2, 0.25) is 0 Å². The van der Waals surface area contributed by atoms with Crippen LogP contribution in [0.5, 0.6) is 11.5 Å². The van der Waals surface area contributed by atoms with Crippen LogP contribution in [0.15, 0.2) is 18.2 Å². The van der Waals surface area contributed by atoms with Gasteiger partial charge in [0.25, 0.3) is 5.91 Å². The van der Waals surface area contributed by atoms with Crippen LogP contribution < -0.4 is 9.47 Å². The normalized spacial score (nSPS) is 14.8. The standard InChI is InChI=1S/C21H29N3O5/c1-21(2,3)29-20(26)24-9-7-23(8-10-24)19(25)17-13-15-16(22(17)4)11-14(27-5)12-18(15)28-6/h11-13H,7-10H2,1-6H3. The molecule has 29 heavy (non-hydrogen) atoms. The number of aryl methyl sites for hydroxylation is 1. The molecule has 1 aliphatic heterocycles. The zero-order chi connectivity index (χ0) is 21.3. The van der Waals surface area contributed by atoms with E-state index in [-0.39, 0.29) is 12.0 Å². The van der Waals surface area contributed by atoms with Crippen molar-refractivity contribution in [3.05, 3.63) is 23.9 Å². The molecule has 158 valence electrons. The van der Waals surface area contributed by atoms with Crippen LogP contribution in [0.25, 0.3) is 10.9 Å². The van der Waals surface area contributed by atoms with Crippen LogP contribution in [0.3, 0.4) is 0 Å². The molecule has 0 radical (unpaired) electrons.